The van der Waals surface area contributed by atoms with E-state index in [0.717, 1.165) is 25.7 Å². The Hall–Kier alpha value is -0.450. The SMILES string of the molecule is CC1(C)CCC(=O)[C@@]2(C)OOC3C[C@@]12CCC3N. The third-order valence-corrected chi connectivity index (χ3v) is 5.99. The van der Waals surface area contributed by atoms with Gasteiger partial charge in [-0.05, 0) is 38.0 Å². The number of carbonyl (C=O) groups is 1. The van der Waals surface area contributed by atoms with Gasteiger partial charge in [-0.15, -0.1) is 0 Å². The molecule has 2 aliphatic carbocycles. The summed E-state index contributed by atoms with van der Waals surface area (Å²) in [5.74, 6) is 0.191. The molecule has 3 aliphatic rings. The fourth-order valence-corrected chi connectivity index (χ4v) is 4.45. The first-order valence-corrected chi connectivity index (χ1v) is 6.96. The van der Waals surface area contributed by atoms with Gasteiger partial charge >= 0.3 is 0 Å². The smallest absolute Gasteiger partial charge is 0.168 e. The van der Waals surface area contributed by atoms with Crippen LogP contribution in [0.1, 0.15) is 52.9 Å². The zero-order chi connectivity index (χ0) is 13.2. The van der Waals surface area contributed by atoms with Gasteiger partial charge in [0, 0.05) is 17.9 Å². The molecule has 0 radical (unpaired) electrons. The molecule has 2 bridgehead atoms. The van der Waals surface area contributed by atoms with E-state index in [2.05, 4.69) is 13.8 Å². The Morgan fingerprint density at radius 2 is 2.00 bits per heavy atom. The molecule has 3 fully saturated rings. The van der Waals surface area contributed by atoms with Crippen LogP contribution in [0.2, 0.25) is 0 Å². The number of hydrogen-bond donors (Lipinski definition) is 1. The highest BCUT2D eigenvalue weighted by Gasteiger charge is 2.68. The number of Topliss-reactive ketones (excluding diaryl/α,β-unsaturated/α-hetero) is 1. The van der Waals surface area contributed by atoms with Crippen LogP contribution >= 0.6 is 0 Å². The van der Waals surface area contributed by atoms with Gasteiger partial charge in [-0.3, -0.25) is 4.79 Å². The molecule has 102 valence electrons. The van der Waals surface area contributed by atoms with E-state index >= 15 is 0 Å². The normalized spacial score (nSPS) is 50.8. The van der Waals surface area contributed by atoms with Gasteiger partial charge in [-0.25, -0.2) is 9.78 Å². The molecule has 0 amide bonds. The second-order valence-corrected chi connectivity index (χ2v) is 7.05. The summed E-state index contributed by atoms with van der Waals surface area (Å²) in [7, 11) is 0. The molecule has 2 N–H and O–H groups in total. The predicted octanol–water partition coefficient (Wildman–Crippen LogP) is 1.96. The van der Waals surface area contributed by atoms with E-state index in [1.54, 1.807) is 0 Å². The van der Waals surface area contributed by atoms with Crippen molar-refractivity contribution >= 4 is 5.78 Å². The maximum Gasteiger partial charge on any atom is 0.168 e. The molecule has 0 aromatic heterocycles. The van der Waals surface area contributed by atoms with Gasteiger partial charge in [-0.2, -0.15) is 0 Å². The minimum Gasteiger partial charge on any atom is -0.325 e. The number of fused-ring (bicyclic) bond motifs is 1. The highest BCUT2D eigenvalue weighted by molar-refractivity contribution is 5.89. The highest BCUT2D eigenvalue weighted by atomic mass is 17.2. The van der Waals surface area contributed by atoms with Gasteiger partial charge in [-0.1, -0.05) is 13.8 Å². The average molecular weight is 253 g/mol. The van der Waals surface area contributed by atoms with Crippen LogP contribution in [0.5, 0.6) is 0 Å². The minimum atomic E-state index is -0.786. The Balaban J connectivity index is 2.09. The maximum atomic E-state index is 12.4. The number of hydrogen-bond acceptors (Lipinski definition) is 4. The molecule has 1 saturated heterocycles. The molecule has 4 atom stereocenters. The molecule has 0 aromatic carbocycles. The van der Waals surface area contributed by atoms with Gasteiger partial charge in [0.15, 0.2) is 11.4 Å². The molecule has 1 heterocycles. The lowest BCUT2D eigenvalue weighted by Gasteiger charge is -2.64. The summed E-state index contributed by atoms with van der Waals surface area (Å²) in [5.41, 5.74) is 5.27. The summed E-state index contributed by atoms with van der Waals surface area (Å²) < 4.78 is 0. The monoisotopic (exact) mass is 253 g/mol. The average Bonchev–Trinajstić information content (AvgIpc) is 2.33. The quantitative estimate of drug-likeness (QED) is 0.670. The van der Waals surface area contributed by atoms with Crippen molar-refractivity contribution in [2.45, 2.75) is 70.6 Å². The Bertz CT molecular complexity index is 395. The molecule has 2 unspecified atom stereocenters. The first-order valence-electron chi connectivity index (χ1n) is 6.96. The van der Waals surface area contributed by atoms with Crippen molar-refractivity contribution in [2.24, 2.45) is 16.6 Å². The van der Waals surface area contributed by atoms with Crippen LogP contribution in [-0.4, -0.2) is 23.5 Å². The summed E-state index contributed by atoms with van der Waals surface area (Å²) in [6.45, 7) is 6.45. The van der Waals surface area contributed by atoms with E-state index in [1.165, 1.54) is 0 Å². The molecular weight excluding hydrogens is 230 g/mol. The molecule has 4 heteroatoms. The third kappa shape index (κ3) is 1.29. The molecule has 0 aromatic rings. The molecule has 4 nitrogen and oxygen atoms in total. The molecule has 3 rings (SSSR count). The number of nitrogens with two attached hydrogens (primary N) is 1. The van der Waals surface area contributed by atoms with Gasteiger partial charge in [0.05, 0.1) is 0 Å². The van der Waals surface area contributed by atoms with E-state index in [9.17, 15) is 4.79 Å². The second kappa shape index (κ2) is 3.56. The van der Waals surface area contributed by atoms with Crippen molar-refractivity contribution in [3.63, 3.8) is 0 Å². The Morgan fingerprint density at radius 3 is 2.72 bits per heavy atom. The van der Waals surface area contributed by atoms with Crippen LogP contribution in [0.3, 0.4) is 0 Å². The minimum absolute atomic E-state index is 0.0352. The number of ketones is 1. The Labute approximate surface area is 108 Å². The highest BCUT2D eigenvalue weighted by Crippen LogP contribution is 2.64. The van der Waals surface area contributed by atoms with Crippen LogP contribution in [0.25, 0.3) is 0 Å². The summed E-state index contributed by atoms with van der Waals surface area (Å²) in [6.07, 6.45) is 4.20. The molecule has 2 saturated carbocycles. The van der Waals surface area contributed by atoms with Crippen LogP contribution in [-0.2, 0) is 14.6 Å². The van der Waals surface area contributed by atoms with Gasteiger partial charge in [0.25, 0.3) is 0 Å². The standard InChI is InChI=1S/C14H23NO3/c1-12(2)6-5-11(16)13(3)14(12)7-4-9(15)10(8-14)17-18-13/h9-10H,4-8,15H2,1-3H3/t9?,10?,13-,14+/m1/s1. The summed E-state index contributed by atoms with van der Waals surface area (Å²) in [4.78, 5) is 23.4. The lowest BCUT2D eigenvalue weighted by molar-refractivity contribution is -0.448. The number of rotatable bonds is 0. The molecular formula is C14H23NO3. The Morgan fingerprint density at radius 1 is 1.28 bits per heavy atom. The van der Waals surface area contributed by atoms with E-state index in [-0.39, 0.29) is 28.8 Å². The van der Waals surface area contributed by atoms with Crippen molar-refractivity contribution in [1.29, 1.82) is 0 Å². The maximum absolute atomic E-state index is 12.4. The van der Waals surface area contributed by atoms with Gasteiger partial charge in [0.1, 0.15) is 6.10 Å². The molecule has 1 aliphatic heterocycles. The van der Waals surface area contributed by atoms with Crippen molar-refractivity contribution in [2.75, 3.05) is 0 Å². The third-order valence-electron chi connectivity index (χ3n) is 5.99. The Kier molecular flexibility index (Phi) is 2.48. The van der Waals surface area contributed by atoms with Gasteiger partial charge in [0.2, 0.25) is 0 Å². The lowest BCUT2D eigenvalue weighted by Crippen LogP contribution is -2.70. The van der Waals surface area contributed by atoms with Gasteiger partial charge < -0.3 is 5.73 Å². The van der Waals surface area contributed by atoms with Crippen LogP contribution in [0, 0.1) is 10.8 Å². The van der Waals surface area contributed by atoms with E-state index in [0.29, 0.717) is 6.42 Å². The van der Waals surface area contributed by atoms with E-state index < -0.39 is 5.60 Å². The fourth-order valence-electron chi connectivity index (χ4n) is 4.45. The zero-order valence-corrected chi connectivity index (χ0v) is 11.5. The van der Waals surface area contributed by atoms with Crippen molar-refractivity contribution in [3.05, 3.63) is 0 Å². The predicted molar refractivity (Wildman–Crippen MR) is 66.6 cm³/mol. The van der Waals surface area contributed by atoms with Crippen LogP contribution in [0.4, 0.5) is 0 Å². The summed E-state index contributed by atoms with van der Waals surface area (Å²) >= 11 is 0. The van der Waals surface area contributed by atoms with Crippen LogP contribution in [0.15, 0.2) is 0 Å². The zero-order valence-electron chi connectivity index (χ0n) is 11.5. The van der Waals surface area contributed by atoms with Crippen molar-refractivity contribution in [1.82, 2.24) is 0 Å². The second-order valence-electron chi connectivity index (χ2n) is 7.05. The first-order chi connectivity index (χ1) is 8.32. The fraction of sp³-hybridized carbons (Fsp3) is 0.929. The summed E-state index contributed by atoms with van der Waals surface area (Å²) in [6, 6.07) is 0.0352. The first kappa shape index (κ1) is 12.6. The molecule has 18 heavy (non-hydrogen) atoms. The molecule has 1 spiro atoms. The van der Waals surface area contributed by atoms with Crippen LogP contribution < -0.4 is 5.73 Å². The van der Waals surface area contributed by atoms with E-state index in [4.69, 9.17) is 15.5 Å². The van der Waals surface area contributed by atoms with E-state index in [1.807, 2.05) is 6.92 Å². The lowest BCUT2D eigenvalue weighted by atomic mass is 9.45. The topological polar surface area (TPSA) is 61.5 Å². The van der Waals surface area contributed by atoms with Crippen molar-refractivity contribution < 1.29 is 14.6 Å². The largest absolute Gasteiger partial charge is 0.325 e. The number of carbonyl (C=O) groups excluding carboxylic acids is 1. The van der Waals surface area contributed by atoms with Crippen molar-refractivity contribution in [3.8, 4) is 0 Å². The summed E-state index contributed by atoms with van der Waals surface area (Å²) in [5, 5.41) is 0.